The van der Waals surface area contributed by atoms with E-state index in [0.717, 1.165) is 18.5 Å². The fourth-order valence-electron chi connectivity index (χ4n) is 3.87. The highest BCUT2D eigenvalue weighted by molar-refractivity contribution is 6.06. The third-order valence-electron chi connectivity index (χ3n) is 5.74. The van der Waals surface area contributed by atoms with Gasteiger partial charge in [-0.3, -0.25) is 9.59 Å². The lowest BCUT2D eigenvalue weighted by molar-refractivity contribution is -0.0615. The molecule has 0 saturated carbocycles. The number of hydrogen-bond acceptors (Lipinski definition) is 5. The molecule has 8 nitrogen and oxygen atoms in total. The summed E-state index contributed by atoms with van der Waals surface area (Å²) in [5, 5.41) is 2.72. The maximum atomic E-state index is 13.1. The van der Waals surface area contributed by atoms with Gasteiger partial charge in [0.05, 0.1) is 29.6 Å². The van der Waals surface area contributed by atoms with Crippen LogP contribution in [-0.2, 0) is 11.8 Å². The molecule has 1 N–H and O–H groups in total. The van der Waals surface area contributed by atoms with E-state index in [2.05, 4.69) is 19.2 Å². The van der Waals surface area contributed by atoms with E-state index >= 15 is 0 Å². The van der Waals surface area contributed by atoms with Crippen LogP contribution in [0.1, 0.15) is 62.5 Å². The van der Waals surface area contributed by atoms with Crippen LogP contribution in [0.3, 0.4) is 0 Å². The molecule has 0 spiro atoms. The van der Waals surface area contributed by atoms with Crippen LogP contribution in [-0.4, -0.2) is 38.2 Å². The van der Waals surface area contributed by atoms with Gasteiger partial charge in [-0.2, -0.15) is 0 Å². The Hall–Kier alpha value is -3.13. The van der Waals surface area contributed by atoms with Crippen LogP contribution >= 0.6 is 0 Å². The minimum absolute atomic E-state index is 0.103. The van der Waals surface area contributed by atoms with Crippen LogP contribution in [0.5, 0.6) is 5.75 Å². The van der Waals surface area contributed by atoms with Gasteiger partial charge in [-0.1, -0.05) is 0 Å². The Morgan fingerprint density at radius 1 is 1.34 bits per heavy atom. The molecule has 0 aromatic carbocycles. The van der Waals surface area contributed by atoms with Crippen molar-refractivity contribution in [3.63, 3.8) is 0 Å². The van der Waals surface area contributed by atoms with E-state index in [9.17, 15) is 9.59 Å². The highest BCUT2D eigenvalue weighted by Crippen LogP contribution is 2.33. The van der Waals surface area contributed by atoms with Crippen molar-refractivity contribution < 1.29 is 14.3 Å². The van der Waals surface area contributed by atoms with Crippen LogP contribution in [0.2, 0.25) is 0 Å². The van der Waals surface area contributed by atoms with E-state index < -0.39 is 5.91 Å². The Morgan fingerprint density at radius 2 is 2.12 bits per heavy atom. The summed E-state index contributed by atoms with van der Waals surface area (Å²) in [5.74, 6) is 0.224. The Kier molecular flexibility index (Phi) is 5.81. The summed E-state index contributed by atoms with van der Waals surface area (Å²) in [7, 11) is 1.64. The van der Waals surface area contributed by atoms with Crippen molar-refractivity contribution in [2.45, 2.75) is 58.2 Å². The van der Waals surface area contributed by atoms with Gasteiger partial charge in [0.15, 0.2) is 0 Å². The van der Waals surface area contributed by atoms with Crippen molar-refractivity contribution in [1.82, 2.24) is 14.0 Å². The molecule has 1 atom stereocenters. The summed E-state index contributed by atoms with van der Waals surface area (Å²) in [5.41, 5.74) is 1.80. The number of rotatable bonds is 5. The Bertz CT molecular complexity index is 1200. The van der Waals surface area contributed by atoms with E-state index in [1.54, 1.807) is 37.6 Å². The average molecular weight is 439 g/mol. The van der Waals surface area contributed by atoms with E-state index in [1.807, 2.05) is 24.4 Å². The largest absolute Gasteiger partial charge is 0.490 e. The molecule has 32 heavy (non-hydrogen) atoms. The molecule has 1 fully saturated rings. The van der Waals surface area contributed by atoms with E-state index in [4.69, 9.17) is 14.5 Å². The lowest BCUT2D eigenvalue weighted by atomic mass is 9.90. The molecule has 0 aliphatic carbocycles. The fourth-order valence-corrected chi connectivity index (χ4v) is 3.87. The monoisotopic (exact) mass is 438 g/mol. The van der Waals surface area contributed by atoms with Gasteiger partial charge >= 0.3 is 0 Å². The molecular weight excluding hydrogens is 408 g/mol. The number of hydrogen-bond donors (Lipinski definition) is 1. The second kappa shape index (κ2) is 8.43. The number of ether oxygens (including phenoxy) is 2. The molecule has 170 valence electrons. The van der Waals surface area contributed by atoms with Crippen molar-refractivity contribution in [3.05, 3.63) is 58.4 Å². The van der Waals surface area contributed by atoms with E-state index in [-0.39, 0.29) is 28.9 Å². The summed E-state index contributed by atoms with van der Waals surface area (Å²) in [6.07, 6.45) is 7.13. The van der Waals surface area contributed by atoms with Crippen LogP contribution in [0.25, 0.3) is 5.65 Å². The quantitative estimate of drug-likeness (QED) is 0.656. The number of fused-ring (bicyclic) bond motifs is 1. The second-order valence-electron chi connectivity index (χ2n) is 9.25. The zero-order valence-corrected chi connectivity index (χ0v) is 19.2. The number of aryl methyl sites for hydroxylation is 1. The number of amides is 1. The highest BCUT2D eigenvalue weighted by Gasteiger charge is 2.30. The van der Waals surface area contributed by atoms with Gasteiger partial charge in [-0.05, 0) is 52.7 Å². The van der Waals surface area contributed by atoms with Crippen molar-refractivity contribution in [1.29, 1.82) is 0 Å². The third-order valence-corrected chi connectivity index (χ3v) is 5.74. The number of aromatic nitrogens is 3. The topological polar surface area (TPSA) is 86.9 Å². The molecule has 1 aliphatic rings. The summed E-state index contributed by atoms with van der Waals surface area (Å²) in [6.45, 7) is 8.63. The summed E-state index contributed by atoms with van der Waals surface area (Å²) in [6, 6.07) is 5.07. The molecule has 0 bridgehead atoms. The first-order valence-corrected chi connectivity index (χ1v) is 10.9. The molecule has 3 aromatic heterocycles. The molecule has 1 amide bonds. The summed E-state index contributed by atoms with van der Waals surface area (Å²) < 4.78 is 15.2. The molecule has 3 aromatic rings. The molecule has 0 radical (unpaired) electrons. The zero-order chi connectivity index (χ0) is 23.0. The number of nitrogens with zero attached hydrogens (tertiary/aromatic N) is 3. The summed E-state index contributed by atoms with van der Waals surface area (Å²) in [4.78, 5) is 30.2. The molecule has 8 heteroatoms. The highest BCUT2D eigenvalue weighted by atomic mass is 16.5. The number of carbonyl (C=O) groups is 1. The van der Waals surface area contributed by atoms with Gasteiger partial charge < -0.3 is 23.8 Å². The first-order chi connectivity index (χ1) is 15.1. The lowest BCUT2D eigenvalue weighted by Gasteiger charge is -2.34. The van der Waals surface area contributed by atoms with Gasteiger partial charge in [0, 0.05) is 37.6 Å². The normalized spacial score (nSPS) is 18.1. The minimum atomic E-state index is -0.413. The number of carbonyl (C=O) groups excluding carboxylic acids is 1. The van der Waals surface area contributed by atoms with Gasteiger partial charge in [-0.25, -0.2) is 4.98 Å². The molecule has 4 heterocycles. The van der Waals surface area contributed by atoms with Crippen LogP contribution < -0.4 is 15.6 Å². The first kappa shape index (κ1) is 22.1. The Morgan fingerprint density at radius 3 is 2.81 bits per heavy atom. The van der Waals surface area contributed by atoms with Gasteiger partial charge in [0.1, 0.15) is 17.1 Å². The minimum Gasteiger partial charge on any atom is -0.490 e. The van der Waals surface area contributed by atoms with Crippen LogP contribution in [0.4, 0.5) is 5.69 Å². The van der Waals surface area contributed by atoms with Crippen molar-refractivity contribution >= 4 is 17.2 Å². The maximum Gasteiger partial charge on any atom is 0.274 e. The molecule has 1 unspecified atom stereocenters. The van der Waals surface area contributed by atoms with Crippen LogP contribution in [0.15, 0.2) is 41.6 Å². The maximum absolute atomic E-state index is 13.1. The van der Waals surface area contributed by atoms with Gasteiger partial charge in [0.2, 0.25) is 0 Å². The number of imidazole rings is 1. The zero-order valence-electron chi connectivity index (χ0n) is 19.2. The van der Waals surface area contributed by atoms with Crippen molar-refractivity contribution in [2.24, 2.45) is 7.05 Å². The molecule has 1 saturated heterocycles. The first-order valence-electron chi connectivity index (χ1n) is 10.9. The number of anilines is 1. The van der Waals surface area contributed by atoms with E-state index in [0.29, 0.717) is 23.6 Å². The average Bonchev–Trinajstić information content (AvgIpc) is 3.13. The van der Waals surface area contributed by atoms with Crippen molar-refractivity contribution in [3.8, 4) is 5.75 Å². The molecule has 1 aliphatic heterocycles. The number of nitrogens with one attached hydrogen (secondary N) is 1. The van der Waals surface area contributed by atoms with Crippen molar-refractivity contribution in [2.75, 3.05) is 11.9 Å². The number of pyridine rings is 2. The predicted octanol–water partition coefficient (Wildman–Crippen LogP) is 3.75. The summed E-state index contributed by atoms with van der Waals surface area (Å²) >= 11 is 0. The standard InChI is InChI=1S/C24H30N4O4/c1-15(2)32-20-11-21-25-19(16-8-9-24(3,4)31-14-16)13-28(21)12-17(20)22(29)26-18-7-6-10-27(5)23(18)30/h6-7,10-13,15-16H,8-9,14H2,1-5H3,(H,26,29). The molecule has 4 rings (SSSR count). The Balaban J connectivity index is 1.68. The lowest BCUT2D eigenvalue weighted by Crippen LogP contribution is -2.32. The predicted molar refractivity (Wildman–Crippen MR) is 123 cm³/mol. The second-order valence-corrected chi connectivity index (χ2v) is 9.25. The Labute approximate surface area is 187 Å². The fraction of sp³-hybridized carbons (Fsp3) is 0.458. The smallest absolute Gasteiger partial charge is 0.274 e. The van der Waals surface area contributed by atoms with Gasteiger partial charge in [0.25, 0.3) is 11.5 Å². The third kappa shape index (κ3) is 4.55. The van der Waals surface area contributed by atoms with Gasteiger partial charge in [-0.15, -0.1) is 0 Å². The SMILES string of the molecule is CC(C)Oc1cc2nc(C3CCC(C)(C)OC3)cn2cc1C(=O)Nc1cccn(C)c1=O. The van der Waals surface area contributed by atoms with E-state index in [1.165, 1.54) is 4.57 Å². The van der Waals surface area contributed by atoms with Crippen LogP contribution in [0, 0.1) is 0 Å². The molecular formula is C24H30N4O4.